The van der Waals surface area contributed by atoms with Crippen molar-refractivity contribution >= 4 is 11.9 Å². The van der Waals surface area contributed by atoms with Crippen LogP contribution >= 0.6 is 0 Å². The molecule has 0 heterocycles. The van der Waals surface area contributed by atoms with Crippen molar-refractivity contribution in [2.45, 2.75) is 289 Å². The summed E-state index contributed by atoms with van der Waals surface area (Å²) < 4.78 is 5.45. The van der Waals surface area contributed by atoms with E-state index in [1.807, 2.05) is 0 Å². The lowest BCUT2D eigenvalue weighted by Gasteiger charge is -2.22. The van der Waals surface area contributed by atoms with E-state index in [1.54, 1.807) is 0 Å². The maximum atomic E-state index is 12.4. The molecule has 2 unspecified atom stereocenters. The third-order valence-electron chi connectivity index (χ3n) is 12.0. The Morgan fingerprint density at radius 1 is 0.458 bits per heavy atom. The van der Waals surface area contributed by atoms with E-state index in [0.29, 0.717) is 25.9 Å². The number of rotatable bonds is 48. The first-order chi connectivity index (χ1) is 29.0. The maximum absolute atomic E-state index is 12.4. The van der Waals surface area contributed by atoms with Crippen molar-refractivity contribution in [1.82, 2.24) is 5.32 Å². The van der Waals surface area contributed by atoms with E-state index >= 15 is 0 Å². The molecule has 59 heavy (non-hydrogen) atoms. The van der Waals surface area contributed by atoms with E-state index < -0.39 is 12.1 Å². The molecular formula is C53H101NO5. The van der Waals surface area contributed by atoms with Crippen molar-refractivity contribution in [1.29, 1.82) is 0 Å². The molecule has 0 saturated heterocycles. The molecule has 348 valence electrons. The van der Waals surface area contributed by atoms with Gasteiger partial charge in [-0.25, -0.2) is 0 Å². The first-order valence-corrected chi connectivity index (χ1v) is 26.1. The fraction of sp³-hybridized carbons (Fsp3) is 0.887. The predicted octanol–water partition coefficient (Wildman–Crippen LogP) is 15.5. The normalized spacial score (nSPS) is 12.8. The molecule has 0 fully saturated rings. The second-order valence-electron chi connectivity index (χ2n) is 17.8. The minimum Gasteiger partial charge on any atom is -0.466 e. The molecule has 0 aromatic rings. The van der Waals surface area contributed by atoms with E-state index in [-0.39, 0.29) is 18.5 Å². The standard InChI is InChI=1S/C53H101NO5/c1-3-5-7-9-11-13-15-17-23-27-31-35-39-43-47-53(58)59-48-44-40-36-32-28-24-21-19-18-20-22-26-30-34-38-42-46-52(57)54-50(49-55)51(56)45-41-37-33-29-25-16-14-12-10-8-6-4-2/h15,17-18,20,50-51,55-56H,3-14,16,19,21-49H2,1-2H3,(H,54,57)/b17-15-,20-18-. The third-order valence-corrected chi connectivity index (χ3v) is 12.0. The van der Waals surface area contributed by atoms with Gasteiger partial charge in [0.15, 0.2) is 0 Å². The number of unbranched alkanes of at least 4 members (excludes halogenated alkanes) is 33. The summed E-state index contributed by atoms with van der Waals surface area (Å²) >= 11 is 0. The molecule has 0 bridgehead atoms. The van der Waals surface area contributed by atoms with Crippen molar-refractivity contribution in [3.63, 3.8) is 0 Å². The monoisotopic (exact) mass is 832 g/mol. The van der Waals surface area contributed by atoms with Crippen LogP contribution in [0.2, 0.25) is 0 Å². The van der Waals surface area contributed by atoms with Gasteiger partial charge in [-0.1, -0.05) is 212 Å². The Hall–Kier alpha value is -1.66. The molecule has 1 amide bonds. The summed E-state index contributed by atoms with van der Waals surface area (Å²) in [5, 5.41) is 23.1. The molecule has 6 heteroatoms. The van der Waals surface area contributed by atoms with Crippen LogP contribution in [0.3, 0.4) is 0 Å². The number of ether oxygens (including phenoxy) is 1. The van der Waals surface area contributed by atoms with E-state index in [0.717, 1.165) is 64.2 Å². The maximum Gasteiger partial charge on any atom is 0.305 e. The van der Waals surface area contributed by atoms with Gasteiger partial charge < -0.3 is 20.3 Å². The number of hydrogen-bond acceptors (Lipinski definition) is 5. The summed E-state index contributed by atoms with van der Waals surface area (Å²) in [4.78, 5) is 24.4. The second kappa shape index (κ2) is 49.0. The molecule has 0 aromatic heterocycles. The lowest BCUT2D eigenvalue weighted by atomic mass is 10.0. The minimum atomic E-state index is -0.673. The van der Waals surface area contributed by atoms with E-state index in [9.17, 15) is 19.8 Å². The molecule has 0 saturated carbocycles. The number of allylic oxidation sites excluding steroid dienone is 4. The second-order valence-corrected chi connectivity index (χ2v) is 17.8. The minimum absolute atomic E-state index is 0.0117. The topological polar surface area (TPSA) is 95.9 Å². The van der Waals surface area contributed by atoms with E-state index in [2.05, 4.69) is 43.5 Å². The average Bonchev–Trinajstić information content (AvgIpc) is 3.24. The number of carbonyl (C=O) groups is 2. The SMILES string of the molecule is CCCCCCC/C=C\CCCCCCCC(=O)OCCCCCCCCC/C=C\CCCCCCCC(=O)NC(CO)C(O)CCCCCCCCCCCCCC. The molecule has 0 rings (SSSR count). The summed E-state index contributed by atoms with van der Waals surface area (Å²) in [6.07, 6.45) is 57.2. The van der Waals surface area contributed by atoms with Crippen LogP contribution in [0.25, 0.3) is 0 Å². The highest BCUT2D eigenvalue weighted by Crippen LogP contribution is 2.16. The van der Waals surface area contributed by atoms with Crippen LogP contribution in [0.15, 0.2) is 24.3 Å². The Morgan fingerprint density at radius 2 is 0.797 bits per heavy atom. The zero-order valence-electron chi connectivity index (χ0n) is 39.5. The van der Waals surface area contributed by atoms with E-state index in [4.69, 9.17) is 4.74 Å². The zero-order chi connectivity index (χ0) is 43.0. The number of amides is 1. The fourth-order valence-corrected chi connectivity index (χ4v) is 7.92. The Morgan fingerprint density at radius 3 is 1.20 bits per heavy atom. The Kier molecular flexibility index (Phi) is 47.6. The molecule has 0 aliphatic heterocycles. The highest BCUT2D eigenvalue weighted by Gasteiger charge is 2.20. The van der Waals surface area contributed by atoms with Crippen LogP contribution < -0.4 is 5.32 Å². The van der Waals surface area contributed by atoms with Gasteiger partial charge in [-0.05, 0) is 77.0 Å². The number of carbonyl (C=O) groups excluding carboxylic acids is 2. The van der Waals surface area contributed by atoms with E-state index in [1.165, 1.54) is 180 Å². The van der Waals surface area contributed by atoms with Gasteiger partial charge in [-0.15, -0.1) is 0 Å². The molecule has 0 aromatic carbocycles. The van der Waals surface area contributed by atoms with Gasteiger partial charge in [-0.2, -0.15) is 0 Å². The molecule has 0 aliphatic carbocycles. The first kappa shape index (κ1) is 57.3. The van der Waals surface area contributed by atoms with Crippen molar-refractivity contribution in [2.24, 2.45) is 0 Å². The largest absolute Gasteiger partial charge is 0.466 e. The van der Waals surface area contributed by atoms with Gasteiger partial charge in [0.1, 0.15) is 0 Å². The molecular weight excluding hydrogens is 731 g/mol. The van der Waals surface area contributed by atoms with Crippen molar-refractivity contribution in [3.05, 3.63) is 24.3 Å². The van der Waals surface area contributed by atoms with Gasteiger partial charge in [0, 0.05) is 12.8 Å². The van der Waals surface area contributed by atoms with Crippen molar-refractivity contribution < 1.29 is 24.5 Å². The predicted molar refractivity (Wildman–Crippen MR) is 255 cm³/mol. The molecule has 0 radical (unpaired) electrons. The van der Waals surface area contributed by atoms with Crippen LogP contribution in [0.4, 0.5) is 0 Å². The fourth-order valence-electron chi connectivity index (χ4n) is 7.92. The molecule has 0 aliphatic rings. The lowest BCUT2D eigenvalue weighted by Crippen LogP contribution is -2.45. The molecule has 0 spiro atoms. The van der Waals surface area contributed by atoms with Gasteiger partial charge in [0.05, 0.1) is 25.4 Å². The number of aliphatic hydroxyl groups excluding tert-OH is 2. The number of nitrogens with one attached hydrogen (secondary N) is 1. The number of aliphatic hydroxyl groups is 2. The Bertz CT molecular complexity index is 920. The van der Waals surface area contributed by atoms with Gasteiger partial charge in [-0.3, -0.25) is 9.59 Å². The van der Waals surface area contributed by atoms with Crippen molar-refractivity contribution in [2.75, 3.05) is 13.2 Å². The average molecular weight is 832 g/mol. The summed E-state index contributed by atoms with van der Waals surface area (Å²) in [6, 6.07) is -0.552. The van der Waals surface area contributed by atoms with Crippen LogP contribution in [-0.2, 0) is 14.3 Å². The smallest absolute Gasteiger partial charge is 0.305 e. The van der Waals surface area contributed by atoms with Crippen LogP contribution in [0.5, 0.6) is 0 Å². The quantitative estimate of drug-likeness (QED) is 0.0322. The van der Waals surface area contributed by atoms with Crippen LogP contribution in [0.1, 0.15) is 277 Å². The van der Waals surface area contributed by atoms with Crippen molar-refractivity contribution in [3.8, 4) is 0 Å². The highest BCUT2D eigenvalue weighted by atomic mass is 16.5. The van der Waals surface area contributed by atoms with Gasteiger partial charge in [0.25, 0.3) is 0 Å². The Labute approximate surface area is 367 Å². The summed E-state index contributed by atoms with van der Waals surface area (Å²) in [6.45, 7) is 4.91. The summed E-state index contributed by atoms with van der Waals surface area (Å²) in [5.74, 6) is -0.0647. The molecule has 2 atom stereocenters. The first-order valence-electron chi connectivity index (χ1n) is 26.1. The molecule has 6 nitrogen and oxygen atoms in total. The zero-order valence-corrected chi connectivity index (χ0v) is 39.5. The van der Waals surface area contributed by atoms with Crippen LogP contribution in [0, 0.1) is 0 Å². The number of hydrogen-bond donors (Lipinski definition) is 3. The Balaban J connectivity index is 3.47. The van der Waals surface area contributed by atoms with Gasteiger partial charge >= 0.3 is 5.97 Å². The van der Waals surface area contributed by atoms with Gasteiger partial charge in [0.2, 0.25) is 5.91 Å². The lowest BCUT2D eigenvalue weighted by molar-refractivity contribution is -0.143. The number of esters is 1. The summed E-state index contributed by atoms with van der Waals surface area (Å²) in [5.41, 5.74) is 0. The molecule has 3 N–H and O–H groups in total. The third kappa shape index (κ3) is 45.7. The summed E-state index contributed by atoms with van der Waals surface area (Å²) in [7, 11) is 0. The van der Waals surface area contributed by atoms with Crippen LogP contribution in [-0.4, -0.2) is 47.4 Å². The highest BCUT2D eigenvalue weighted by molar-refractivity contribution is 5.76.